The summed E-state index contributed by atoms with van der Waals surface area (Å²) in [6.45, 7) is 11.5. The maximum absolute atomic E-state index is 5.50. The van der Waals surface area contributed by atoms with E-state index in [0.717, 1.165) is 25.3 Å². The molecule has 0 saturated carbocycles. The number of rotatable bonds is 7. The summed E-state index contributed by atoms with van der Waals surface area (Å²) >= 11 is 0. The predicted molar refractivity (Wildman–Crippen MR) is 72.9 cm³/mol. The number of nitrogens with zero attached hydrogens (tertiary/aromatic N) is 2. The van der Waals surface area contributed by atoms with Crippen LogP contribution in [0.25, 0.3) is 0 Å². The second kappa shape index (κ2) is 6.75. The average Bonchev–Trinajstić information content (AvgIpc) is 2.75. The fourth-order valence-corrected chi connectivity index (χ4v) is 1.47. The molecular weight excluding hydrogens is 230 g/mol. The van der Waals surface area contributed by atoms with Gasteiger partial charge in [0.05, 0.1) is 12.3 Å². The normalized spacial score (nSPS) is 11.8. The van der Waals surface area contributed by atoms with Crippen LogP contribution in [0.3, 0.4) is 0 Å². The van der Waals surface area contributed by atoms with E-state index in [4.69, 9.17) is 9.15 Å². The molecule has 0 amide bonds. The first kappa shape index (κ1) is 15.0. The number of oxazole rings is 1. The lowest BCUT2D eigenvalue weighted by Crippen LogP contribution is -2.35. The Kier molecular flexibility index (Phi) is 5.62. The molecule has 1 heterocycles. The zero-order valence-corrected chi connectivity index (χ0v) is 12.1. The van der Waals surface area contributed by atoms with Gasteiger partial charge in [-0.25, -0.2) is 0 Å². The van der Waals surface area contributed by atoms with Crippen LogP contribution in [0.15, 0.2) is 10.7 Å². The molecule has 1 aromatic heterocycles. The molecule has 18 heavy (non-hydrogen) atoms. The van der Waals surface area contributed by atoms with Crippen molar-refractivity contribution in [2.75, 3.05) is 31.7 Å². The molecule has 0 spiro atoms. The van der Waals surface area contributed by atoms with Crippen LogP contribution < -0.4 is 10.2 Å². The first-order valence-electron chi connectivity index (χ1n) is 6.39. The van der Waals surface area contributed by atoms with Crippen LogP contribution in [0.5, 0.6) is 0 Å². The quantitative estimate of drug-likeness (QED) is 0.808. The number of anilines is 1. The van der Waals surface area contributed by atoms with Gasteiger partial charge in [0, 0.05) is 32.3 Å². The number of ether oxygens (including phenoxy) is 1. The molecule has 0 saturated heterocycles. The topological polar surface area (TPSA) is 50.5 Å². The standard InChI is InChI=1S/C13H25N3O2/c1-6-16(7-8-17-5)12-15-11(10-18-12)9-14-13(2,3)4/h10,14H,6-9H2,1-5H3. The minimum atomic E-state index is 0.0829. The fourth-order valence-electron chi connectivity index (χ4n) is 1.47. The number of hydrogen-bond donors (Lipinski definition) is 1. The number of aromatic nitrogens is 1. The molecule has 1 rings (SSSR count). The smallest absolute Gasteiger partial charge is 0.297 e. The average molecular weight is 255 g/mol. The summed E-state index contributed by atoms with van der Waals surface area (Å²) in [5, 5.41) is 3.39. The van der Waals surface area contributed by atoms with Gasteiger partial charge in [0.2, 0.25) is 0 Å². The minimum Gasteiger partial charge on any atom is -0.432 e. The predicted octanol–water partition coefficient (Wildman–Crippen LogP) is 2.04. The Morgan fingerprint density at radius 2 is 2.17 bits per heavy atom. The van der Waals surface area contributed by atoms with Crippen molar-refractivity contribution in [1.82, 2.24) is 10.3 Å². The van der Waals surface area contributed by atoms with Crippen LogP contribution in [0, 0.1) is 0 Å². The zero-order valence-electron chi connectivity index (χ0n) is 12.1. The third-order valence-electron chi connectivity index (χ3n) is 2.56. The Morgan fingerprint density at radius 3 is 2.72 bits per heavy atom. The molecule has 0 radical (unpaired) electrons. The SMILES string of the molecule is CCN(CCOC)c1nc(CNC(C)(C)C)co1. The summed E-state index contributed by atoms with van der Waals surface area (Å²) in [6, 6.07) is 0.667. The monoisotopic (exact) mass is 255 g/mol. The van der Waals surface area contributed by atoms with Crippen molar-refractivity contribution in [3.05, 3.63) is 12.0 Å². The highest BCUT2D eigenvalue weighted by Gasteiger charge is 2.13. The molecule has 0 aliphatic carbocycles. The molecule has 0 unspecified atom stereocenters. The maximum atomic E-state index is 5.50. The summed E-state index contributed by atoms with van der Waals surface area (Å²) in [7, 11) is 1.70. The van der Waals surface area contributed by atoms with Gasteiger partial charge in [0.15, 0.2) is 0 Å². The number of hydrogen-bond acceptors (Lipinski definition) is 5. The van der Waals surface area contributed by atoms with E-state index in [1.165, 1.54) is 0 Å². The molecule has 5 heteroatoms. The summed E-state index contributed by atoms with van der Waals surface area (Å²) in [4.78, 5) is 6.54. The lowest BCUT2D eigenvalue weighted by molar-refractivity contribution is 0.204. The Hall–Kier alpha value is -1.07. The molecule has 0 bridgehead atoms. The number of nitrogens with one attached hydrogen (secondary N) is 1. The summed E-state index contributed by atoms with van der Waals surface area (Å²) in [5.41, 5.74) is 1.01. The van der Waals surface area contributed by atoms with Crippen LogP contribution >= 0.6 is 0 Å². The molecule has 1 aromatic rings. The lowest BCUT2D eigenvalue weighted by atomic mass is 10.1. The Morgan fingerprint density at radius 1 is 1.44 bits per heavy atom. The maximum Gasteiger partial charge on any atom is 0.297 e. The Labute approximate surface area is 110 Å². The van der Waals surface area contributed by atoms with Gasteiger partial charge in [-0.2, -0.15) is 4.98 Å². The fraction of sp³-hybridized carbons (Fsp3) is 0.769. The summed E-state index contributed by atoms with van der Waals surface area (Å²) < 4.78 is 10.6. The van der Waals surface area contributed by atoms with Crippen LogP contribution in [0.2, 0.25) is 0 Å². The van der Waals surface area contributed by atoms with Crippen LogP contribution in [0.4, 0.5) is 6.01 Å². The van der Waals surface area contributed by atoms with E-state index in [0.29, 0.717) is 12.6 Å². The second-order valence-corrected chi connectivity index (χ2v) is 5.30. The van der Waals surface area contributed by atoms with Crippen molar-refractivity contribution in [2.24, 2.45) is 0 Å². The highest BCUT2D eigenvalue weighted by Crippen LogP contribution is 2.13. The molecule has 0 fully saturated rings. The lowest BCUT2D eigenvalue weighted by Gasteiger charge is -2.19. The van der Waals surface area contributed by atoms with Crippen molar-refractivity contribution >= 4 is 6.01 Å². The van der Waals surface area contributed by atoms with Gasteiger partial charge in [-0.05, 0) is 27.7 Å². The van der Waals surface area contributed by atoms with Gasteiger partial charge in [-0.15, -0.1) is 0 Å². The molecule has 5 nitrogen and oxygen atoms in total. The highest BCUT2D eigenvalue weighted by atomic mass is 16.5. The van der Waals surface area contributed by atoms with E-state index < -0.39 is 0 Å². The molecule has 0 aromatic carbocycles. The molecule has 0 aliphatic heterocycles. The van der Waals surface area contributed by atoms with Gasteiger partial charge in [0.25, 0.3) is 6.01 Å². The molecule has 0 aliphatic rings. The largest absolute Gasteiger partial charge is 0.432 e. The molecule has 0 atom stereocenters. The van der Waals surface area contributed by atoms with Gasteiger partial charge >= 0.3 is 0 Å². The molecule has 1 N–H and O–H groups in total. The van der Waals surface area contributed by atoms with E-state index in [1.807, 2.05) is 0 Å². The van der Waals surface area contributed by atoms with E-state index in [1.54, 1.807) is 13.4 Å². The van der Waals surface area contributed by atoms with Crippen LogP contribution in [0.1, 0.15) is 33.4 Å². The van der Waals surface area contributed by atoms with E-state index >= 15 is 0 Å². The summed E-state index contributed by atoms with van der Waals surface area (Å²) in [6.07, 6.45) is 1.71. The van der Waals surface area contributed by atoms with Gasteiger partial charge in [-0.1, -0.05) is 0 Å². The van der Waals surface area contributed by atoms with Crippen LogP contribution in [-0.2, 0) is 11.3 Å². The Balaban J connectivity index is 2.55. The number of likely N-dealkylation sites (N-methyl/N-ethyl adjacent to an activating group) is 1. The Bertz CT molecular complexity index is 344. The van der Waals surface area contributed by atoms with E-state index in [2.05, 4.69) is 42.9 Å². The second-order valence-electron chi connectivity index (χ2n) is 5.30. The van der Waals surface area contributed by atoms with E-state index in [-0.39, 0.29) is 5.54 Å². The minimum absolute atomic E-state index is 0.0829. The first-order valence-corrected chi connectivity index (χ1v) is 6.39. The third kappa shape index (κ3) is 5.06. The van der Waals surface area contributed by atoms with Gasteiger partial charge in [-0.3, -0.25) is 0 Å². The first-order chi connectivity index (χ1) is 8.46. The van der Waals surface area contributed by atoms with Crippen molar-refractivity contribution in [3.63, 3.8) is 0 Å². The molecule has 104 valence electrons. The zero-order chi connectivity index (χ0) is 13.6. The highest BCUT2D eigenvalue weighted by molar-refractivity contribution is 5.26. The van der Waals surface area contributed by atoms with Crippen LogP contribution in [-0.4, -0.2) is 37.3 Å². The number of methoxy groups -OCH3 is 1. The van der Waals surface area contributed by atoms with Crippen molar-refractivity contribution < 1.29 is 9.15 Å². The van der Waals surface area contributed by atoms with Crippen molar-refractivity contribution in [3.8, 4) is 0 Å². The van der Waals surface area contributed by atoms with Gasteiger partial charge in [0.1, 0.15) is 6.26 Å². The van der Waals surface area contributed by atoms with Crippen molar-refractivity contribution in [1.29, 1.82) is 0 Å². The van der Waals surface area contributed by atoms with Gasteiger partial charge < -0.3 is 19.4 Å². The molecular formula is C13H25N3O2. The van der Waals surface area contributed by atoms with E-state index in [9.17, 15) is 0 Å². The summed E-state index contributed by atoms with van der Waals surface area (Å²) in [5.74, 6) is 0. The third-order valence-corrected chi connectivity index (χ3v) is 2.56. The van der Waals surface area contributed by atoms with Crippen molar-refractivity contribution in [2.45, 2.75) is 39.8 Å².